The van der Waals surface area contributed by atoms with Gasteiger partial charge in [0, 0.05) is 6.54 Å². The molecule has 0 radical (unpaired) electrons. The number of hydrogen-bond acceptors (Lipinski definition) is 4. The van der Waals surface area contributed by atoms with E-state index in [9.17, 15) is 0 Å². The van der Waals surface area contributed by atoms with E-state index < -0.39 is 0 Å². The molecule has 5 heteroatoms. The Labute approximate surface area is 119 Å². The molecule has 2 N–H and O–H groups in total. The minimum Gasteiger partial charge on any atom is -0.491 e. The summed E-state index contributed by atoms with van der Waals surface area (Å²) >= 11 is 0. The van der Waals surface area contributed by atoms with Crippen LogP contribution in [0.15, 0.2) is 18.2 Å². The lowest BCUT2D eigenvalue weighted by atomic mass is 10.3. The molecule has 2 rings (SSSR count). The summed E-state index contributed by atoms with van der Waals surface area (Å²) in [4.78, 5) is 4.42. The van der Waals surface area contributed by atoms with E-state index in [2.05, 4.69) is 11.9 Å². The standard InChI is InChI=1S/C15H23N3O2/c1-4-9-20-13-7-5-6-12-14(13)17-15(16)18(12)8-10-19-11(2)3/h5-7,11H,4,8-10H2,1-3H3,(H2,16,17). The Morgan fingerprint density at radius 1 is 1.30 bits per heavy atom. The first kappa shape index (κ1) is 14.7. The Bertz CT molecular complexity index is 563. The molecule has 0 saturated heterocycles. The highest BCUT2D eigenvalue weighted by atomic mass is 16.5. The van der Waals surface area contributed by atoms with Crippen LogP contribution in [0.25, 0.3) is 11.0 Å². The van der Waals surface area contributed by atoms with Crippen LogP contribution in [-0.4, -0.2) is 28.9 Å². The van der Waals surface area contributed by atoms with Gasteiger partial charge in [0.2, 0.25) is 5.95 Å². The van der Waals surface area contributed by atoms with E-state index >= 15 is 0 Å². The number of imidazole rings is 1. The topological polar surface area (TPSA) is 62.3 Å². The molecule has 20 heavy (non-hydrogen) atoms. The first-order valence-electron chi connectivity index (χ1n) is 7.12. The number of hydrogen-bond donors (Lipinski definition) is 1. The molecule has 1 aromatic carbocycles. The number of aromatic nitrogens is 2. The molecule has 0 bridgehead atoms. The van der Waals surface area contributed by atoms with Crippen molar-refractivity contribution in [3.8, 4) is 5.75 Å². The molecule has 0 unspecified atom stereocenters. The molecule has 0 spiro atoms. The summed E-state index contributed by atoms with van der Waals surface area (Å²) in [7, 11) is 0. The number of para-hydroxylation sites is 1. The second-order valence-electron chi connectivity index (χ2n) is 5.01. The van der Waals surface area contributed by atoms with E-state index in [0.717, 1.165) is 23.2 Å². The average molecular weight is 277 g/mol. The lowest BCUT2D eigenvalue weighted by Gasteiger charge is -2.10. The number of nitrogen functional groups attached to an aromatic ring is 1. The van der Waals surface area contributed by atoms with Gasteiger partial charge in [0.05, 0.1) is 24.8 Å². The molecule has 0 saturated carbocycles. The fraction of sp³-hybridized carbons (Fsp3) is 0.533. The molecule has 0 aliphatic rings. The summed E-state index contributed by atoms with van der Waals surface area (Å²) in [5.41, 5.74) is 7.82. The third-order valence-corrected chi connectivity index (χ3v) is 3.00. The van der Waals surface area contributed by atoms with E-state index in [1.165, 1.54) is 0 Å². The number of benzene rings is 1. The Balaban J connectivity index is 2.24. The summed E-state index contributed by atoms with van der Waals surface area (Å²) in [6, 6.07) is 5.90. The highest BCUT2D eigenvalue weighted by Crippen LogP contribution is 2.27. The van der Waals surface area contributed by atoms with Crippen LogP contribution >= 0.6 is 0 Å². The maximum Gasteiger partial charge on any atom is 0.201 e. The van der Waals surface area contributed by atoms with Gasteiger partial charge in [-0.15, -0.1) is 0 Å². The molecule has 5 nitrogen and oxygen atoms in total. The fourth-order valence-electron chi connectivity index (χ4n) is 2.08. The molecule has 0 aliphatic heterocycles. The molecule has 2 aromatic rings. The Morgan fingerprint density at radius 2 is 2.10 bits per heavy atom. The van der Waals surface area contributed by atoms with Crippen LogP contribution in [0, 0.1) is 0 Å². The summed E-state index contributed by atoms with van der Waals surface area (Å²) in [6.45, 7) is 8.11. The van der Waals surface area contributed by atoms with Crippen molar-refractivity contribution in [2.24, 2.45) is 0 Å². The van der Waals surface area contributed by atoms with Crippen LogP contribution in [0.3, 0.4) is 0 Å². The summed E-state index contributed by atoms with van der Waals surface area (Å²) in [6.07, 6.45) is 1.18. The highest BCUT2D eigenvalue weighted by molar-refractivity contribution is 5.84. The van der Waals surface area contributed by atoms with Crippen molar-refractivity contribution >= 4 is 17.0 Å². The van der Waals surface area contributed by atoms with Gasteiger partial charge in [-0.1, -0.05) is 13.0 Å². The zero-order chi connectivity index (χ0) is 14.5. The van der Waals surface area contributed by atoms with Crippen LogP contribution in [0.2, 0.25) is 0 Å². The molecular weight excluding hydrogens is 254 g/mol. The second-order valence-corrected chi connectivity index (χ2v) is 5.01. The van der Waals surface area contributed by atoms with Gasteiger partial charge in [0.15, 0.2) is 0 Å². The van der Waals surface area contributed by atoms with Crippen molar-refractivity contribution in [2.75, 3.05) is 18.9 Å². The number of nitrogens with two attached hydrogens (primary N) is 1. The second kappa shape index (κ2) is 6.61. The monoisotopic (exact) mass is 277 g/mol. The van der Waals surface area contributed by atoms with Crippen LogP contribution in [-0.2, 0) is 11.3 Å². The number of anilines is 1. The van der Waals surface area contributed by atoms with E-state index in [1.807, 2.05) is 36.6 Å². The van der Waals surface area contributed by atoms with Crippen LogP contribution in [0.5, 0.6) is 5.75 Å². The number of ether oxygens (including phenoxy) is 2. The van der Waals surface area contributed by atoms with Crippen molar-refractivity contribution in [3.63, 3.8) is 0 Å². The van der Waals surface area contributed by atoms with Gasteiger partial charge in [-0.2, -0.15) is 0 Å². The molecule has 0 aliphatic carbocycles. The van der Waals surface area contributed by atoms with E-state index in [1.54, 1.807) is 0 Å². The number of rotatable bonds is 7. The van der Waals surface area contributed by atoms with Crippen LogP contribution < -0.4 is 10.5 Å². The molecule has 0 atom stereocenters. The van der Waals surface area contributed by atoms with Crippen molar-refractivity contribution < 1.29 is 9.47 Å². The van der Waals surface area contributed by atoms with Gasteiger partial charge in [0.25, 0.3) is 0 Å². The minimum absolute atomic E-state index is 0.217. The lowest BCUT2D eigenvalue weighted by Crippen LogP contribution is -2.12. The summed E-state index contributed by atoms with van der Waals surface area (Å²) < 4.78 is 13.3. The third kappa shape index (κ3) is 3.22. The first-order valence-corrected chi connectivity index (χ1v) is 7.12. The zero-order valence-electron chi connectivity index (χ0n) is 12.4. The maximum atomic E-state index is 6.01. The molecular formula is C15H23N3O2. The van der Waals surface area contributed by atoms with Gasteiger partial charge in [-0.3, -0.25) is 0 Å². The quantitative estimate of drug-likeness (QED) is 0.845. The van der Waals surface area contributed by atoms with Gasteiger partial charge in [-0.25, -0.2) is 4.98 Å². The predicted molar refractivity (Wildman–Crippen MR) is 81.0 cm³/mol. The lowest BCUT2D eigenvalue weighted by molar-refractivity contribution is 0.0735. The van der Waals surface area contributed by atoms with E-state index in [-0.39, 0.29) is 6.10 Å². The molecule has 110 valence electrons. The van der Waals surface area contributed by atoms with Crippen molar-refractivity contribution in [2.45, 2.75) is 39.8 Å². The Kier molecular flexibility index (Phi) is 4.84. The number of fused-ring (bicyclic) bond motifs is 1. The summed E-state index contributed by atoms with van der Waals surface area (Å²) in [5.74, 6) is 1.29. The maximum absolute atomic E-state index is 6.01. The van der Waals surface area contributed by atoms with E-state index in [0.29, 0.717) is 25.7 Å². The SMILES string of the molecule is CCCOc1cccc2c1nc(N)n2CCOC(C)C. The third-order valence-electron chi connectivity index (χ3n) is 3.00. The Hall–Kier alpha value is -1.75. The number of nitrogens with zero attached hydrogens (tertiary/aromatic N) is 2. The van der Waals surface area contributed by atoms with Crippen molar-refractivity contribution in [1.29, 1.82) is 0 Å². The van der Waals surface area contributed by atoms with Crippen LogP contribution in [0.4, 0.5) is 5.95 Å². The minimum atomic E-state index is 0.217. The smallest absolute Gasteiger partial charge is 0.201 e. The predicted octanol–water partition coefficient (Wildman–Crippen LogP) is 2.83. The zero-order valence-corrected chi connectivity index (χ0v) is 12.4. The van der Waals surface area contributed by atoms with Crippen molar-refractivity contribution in [1.82, 2.24) is 9.55 Å². The van der Waals surface area contributed by atoms with E-state index in [4.69, 9.17) is 15.2 Å². The molecule has 0 amide bonds. The molecule has 0 fully saturated rings. The molecule has 1 heterocycles. The van der Waals surface area contributed by atoms with Gasteiger partial charge < -0.3 is 19.8 Å². The molecule has 1 aromatic heterocycles. The van der Waals surface area contributed by atoms with Gasteiger partial charge in [0.1, 0.15) is 11.3 Å². The first-order chi connectivity index (χ1) is 9.63. The van der Waals surface area contributed by atoms with Crippen LogP contribution in [0.1, 0.15) is 27.2 Å². The largest absolute Gasteiger partial charge is 0.491 e. The van der Waals surface area contributed by atoms with Crippen molar-refractivity contribution in [3.05, 3.63) is 18.2 Å². The van der Waals surface area contributed by atoms with Gasteiger partial charge >= 0.3 is 0 Å². The Morgan fingerprint density at radius 3 is 2.80 bits per heavy atom. The summed E-state index contributed by atoms with van der Waals surface area (Å²) in [5, 5.41) is 0. The average Bonchev–Trinajstić information content (AvgIpc) is 2.73. The fourth-order valence-corrected chi connectivity index (χ4v) is 2.08. The normalized spacial score (nSPS) is 11.4. The van der Waals surface area contributed by atoms with Gasteiger partial charge in [-0.05, 0) is 32.4 Å². The highest BCUT2D eigenvalue weighted by Gasteiger charge is 2.12.